The van der Waals surface area contributed by atoms with Crippen molar-refractivity contribution in [2.45, 2.75) is 6.42 Å². The first kappa shape index (κ1) is 10.5. The molecule has 1 aromatic heterocycles. The number of carbonyl (C=O) groups is 1. The first-order valence-electron chi connectivity index (χ1n) is 4.92. The van der Waals surface area contributed by atoms with E-state index in [0.29, 0.717) is 5.69 Å². The second kappa shape index (κ2) is 4.26. The molecule has 1 heterocycles. The number of aryl methyl sites for hydroxylation is 1. The third-order valence-corrected chi connectivity index (χ3v) is 2.28. The zero-order valence-electron chi connectivity index (χ0n) is 8.85. The van der Waals surface area contributed by atoms with E-state index >= 15 is 0 Å². The van der Waals surface area contributed by atoms with Gasteiger partial charge in [-0.25, -0.2) is 4.39 Å². The topological polar surface area (TPSA) is 34.9 Å². The van der Waals surface area contributed by atoms with E-state index in [1.807, 2.05) is 0 Å². The van der Waals surface area contributed by atoms with Crippen LogP contribution in [0.5, 0.6) is 0 Å². The zero-order chi connectivity index (χ0) is 11.5. The smallest absolute Gasteiger partial charge is 0.187 e. The monoisotopic (exact) mass is 218 g/mol. The summed E-state index contributed by atoms with van der Waals surface area (Å²) < 4.78 is 14.2. The van der Waals surface area contributed by atoms with Gasteiger partial charge in [0.25, 0.3) is 0 Å². The molecule has 2 rings (SSSR count). The van der Waals surface area contributed by atoms with Crippen LogP contribution in [0.2, 0.25) is 0 Å². The van der Waals surface area contributed by atoms with Crippen LogP contribution in [-0.2, 0) is 13.5 Å². The van der Waals surface area contributed by atoms with Crippen molar-refractivity contribution in [1.82, 2.24) is 9.78 Å². The number of carbonyl (C=O) groups excluding carboxylic acids is 1. The average molecular weight is 218 g/mol. The molecule has 0 radical (unpaired) electrons. The summed E-state index contributed by atoms with van der Waals surface area (Å²) in [4.78, 5) is 11.7. The molecule has 0 aliphatic carbocycles. The van der Waals surface area contributed by atoms with Crippen molar-refractivity contribution in [3.05, 3.63) is 53.6 Å². The molecule has 16 heavy (non-hydrogen) atoms. The van der Waals surface area contributed by atoms with E-state index < -0.39 is 0 Å². The number of halogens is 1. The molecule has 0 bridgehead atoms. The van der Waals surface area contributed by atoms with Gasteiger partial charge in [-0.15, -0.1) is 0 Å². The molecule has 4 heteroatoms. The number of hydrogen-bond donors (Lipinski definition) is 0. The first-order chi connectivity index (χ1) is 7.65. The van der Waals surface area contributed by atoms with Gasteiger partial charge < -0.3 is 0 Å². The Hall–Kier alpha value is -1.97. The molecule has 1 aromatic carbocycles. The van der Waals surface area contributed by atoms with Crippen LogP contribution >= 0.6 is 0 Å². The van der Waals surface area contributed by atoms with E-state index in [9.17, 15) is 9.18 Å². The molecule has 0 aliphatic heterocycles. The van der Waals surface area contributed by atoms with Gasteiger partial charge in [-0.1, -0.05) is 12.1 Å². The number of hydrogen-bond acceptors (Lipinski definition) is 2. The van der Waals surface area contributed by atoms with E-state index in [1.54, 1.807) is 36.1 Å². The normalized spacial score (nSPS) is 10.4. The van der Waals surface area contributed by atoms with Crippen molar-refractivity contribution in [2.75, 3.05) is 0 Å². The highest BCUT2D eigenvalue weighted by atomic mass is 19.1. The van der Waals surface area contributed by atoms with E-state index in [-0.39, 0.29) is 18.0 Å². The Labute approximate surface area is 92.5 Å². The Morgan fingerprint density at radius 3 is 2.56 bits per heavy atom. The molecule has 0 aliphatic rings. The summed E-state index contributed by atoms with van der Waals surface area (Å²) in [6, 6.07) is 7.58. The maximum atomic E-state index is 12.6. The summed E-state index contributed by atoms with van der Waals surface area (Å²) in [5.41, 5.74) is 1.23. The van der Waals surface area contributed by atoms with Gasteiger partial charge in [0.1, 0.15) is 11.5 Å². The van der Waals surface area contributed by atoms with E-state index in [0.717, 1.165) is 5.56 Å². The molecule has 82 valence electrons. The molecule has 0 N–H and O–H groups in total. The second-order valence-electron chi connectivity index (χ2n) is 3.60. The maximum absolute atomic E-state index is 12.6. The van der Waals surface area contributed by atoms with Gasteiger partial charge >= 0.3 is 0 Å². The highest BCUT2D eigenvalue weighted by Gasteiger charge is 2.09. The van der Waals surface area contributed by atoms with Gasteiger partial charge in [0.2, 0.25) is 0 Å². The van der Waals surface area contributed by atoms with Gasteiger partial charge in [0, 0.05) is 19.7 Å². The van der Waals surface area contributed by atoms with Gasteiger partial charge in [-0.05, 0) is 23.8 Å². The SMILES string of the molecule is Cn1ccc(C(=O)Cc2ccc(F)cc2)n1. The minimum Gasteiger partial charge on any atom is -0.292 e. The Kier molecular flexibility index (Phi) is 2.81. The number of rotatable bonds is 3. The third kappa shape index (κ3) is 2.34. The quantitative estimate of drug-likeness (QED) is 0.738. The molecular weight excluding hydrogens is 207 g/mol. The van der Waals surface area contributed by atoms with Crippen molar-refractivity contribution in [2.24, 2.45) is 7.05 Å². The summed E-state index contributed by atoms with van der Waals surface area (Å²) in [5, 5.41) is 4.02. The van der Waals surface area contributed by atoms with Gasteiger partial charge in [-0.2, -0.15) is 5.10 Å². The molecule has 0 saturated carbocycles. The average Bonchev–Trinajstić information content (AvgIpc) is 2.68. The van der Waals surface area contributed by atoms with Crippen LogP contribution in [0.1, 0.15) is 16.1 Å². The minimum absolute atomic E-state index is 0.0628. The predicted molar refractivity (Wildman–Crippen MR) is 57.6 cm³/mol. The maximum Gasteiger partial charge on any atom is 0.187 e. The lowest BCUT2D eigenvalue weighted by Crippen LogP contribution is -2.05. The summed E-state index contributed by atoms with van der Waals surface area (Å²) in [6.07, 6.45) is 1.97. The summed E-state index contributed by atoms with van der Waals surface area (Å²) in [6.45, 7) is 0. The van der Waals surface area contributed by atoms with Crippen molar-refractivity contribution in [3.8, 4) is 0 Å². The number of aromatic nitrogens is 2. The number of ketones is 1. The van der Waals surface area contributed by atoms with Crippen LogP contribution in [0.4, 0.5) is 4.39 Å². The molecule has 0 saturated heterocycles. The molecule has 0 atom stereocenters. The Morgan fingerprint density at radius 1 is 1.31 bits per heavy atom. The largest absolute Gasteiger partial charge is 0.292 e. The first-order valence-corrected chi connectivity index (χ1v) is 4.92. The third-order valence-electron chi connectivity index (χ3n) is 2.28. The summed E-state index contributed by atoms with van der Waals surface area (Å²) in [7, 11) is 1.76. The van der Waals surface area contributed by atoms with Gasteiger partial charge in [0.05, 0.1) is 0 Å². The fourth-order valence-electron chi connectivity index (χ4n) is 1.44. The molecule has 2 aromatic rings. The fraction of sp³-hybridized carbons (Fsp3) is 0.167. The number of benzene rings is 1. The van der Waals surface area contributed by atoms with E-state index in [4.69, 9.17) is 0 Å². The van der Waals surface area contributed by atoms with Crippen LogP contribution in [0, 0.1) is 5.82 Å². The van der Waals surface area contributed by atoms with Gasteiger partial charge in [0.15, 0.2) is 5.78 Å². The Morgan fingerprint density at radius 2 is 2.00 bits per heavy atom. The van der Waals surface area contributed by atoms with Crippen molar-refractivity contribution in [1.29, 1.82) is 0 Å². The van der Waals surface area contributed by atoms with Crippen LogP contribution < -0.4 is 0 Å². The second-order valence-corrected chi connectivity index (χ2v) is 3.60. The van der Waals surface area contributed by atoms with Crippen LogP contribution in [0.25, 0.3) is 0 Å². The molecule has 3 nitrogen and oxygen atoms in total. The van der Waals surface area contributed by atoms with Gasteiger partial charge in [-0.3, -0.25) is 9.48 Å². The van der Waals surface area contributed by atoms with Crippen LogP contribution in [0.3, 0.4) is 0 Å². The highest BCUT2D eigenvalue weighted by Crippen LogP contribution is 2.07. The summed E-state index contributed by atoms with van der Waals surface area (Å²) in [5.74, 6) is -0.360. The lowest BCUT2D eigenvalue weighted by atomic mass is 10.1. The lowest BCUT2D eigenvalue weighted by Gasteiger charge is -1.98. The molecule has 0 spiro atoms. The minimum atomic E-state index is -0.297. The lowest BCUT2D eigenvalue weighted by molar-refractivity contribution is 0.0987. The van der Waals surface area contributed by atoms with Crippen molar-refractivity contribution >= 4 is 5.78 Å². The van der Waals surface area contributed by atoms with Crippen LogP contribution in [-0.4, -0.2) is 15.6 Å². The highest BCUT2D eigenvalue weighted by molar-refractivity contribution is 5.95. The Bertz CT molecular complexity index is 502. The van der Waals surface area contributed by atoms with Crippen molar-refractivity contribution in [3.63, 3.8) is 0 Å². The number of Topliss-reactive ketones (excluding diaryl/α,β-unsaturated/α-hetero) is 1. The molecule has 0 unspecified atom stereocenters. The van der Waals surface area contributed by atoms with E-state index in [1.165, 1.54) is 12.1 Å². The Balaban J connectivity index is 2.10. The van der Waals surface area contributed by atoms with Crippen LogP contribution in [0.15, 0.2) is 36.5 Å². The molecule has 0 amide bonds. The molecular formula is C12H11FN2O. The standard InChI is InChI=1S/C12H11FN2O/c1-15-7-6-11(14-15)12(16)8-9-2-4-10(13)5-3-9/h2-7H,8H2,1H3. The fourth-order valence-corrected chi connectivity index (χ4v) is 1.44. The summed E-state index contributed by atoms with van der Waals surface area (Å²) >= 11 is 0. The zero-order valence-corrected chi connectivity index (χ0v) is 8.85. The molecule has 0 fully saturated rings. The van der Waals surface area contributed by atoms with Crippen molar-refractivity contribution < 1.29 is 9.18 Å². The number of nitrogens with zero attached hydrogens (tertiary/aromatic N) is 2. The predicted octanol–water partition coefficient (Wildman–Crippen LogP) is 1.98. The van der Waals surface area contributed by atoms with E-state index in [2.05, 4.69) is 5.10 Å².